The average Bonchev–Trinajstić information content (AvgIpc) is 2.50. The van der Waals surface area contributed by atoms with E-state index in [1.165, 1.54) is 11.8 Å². The molecule has 0 amide bonds. The fourth-order valence-corrected chi connectivity index (χ4v) is 0.434. The van der Waals surface area contributed by atoms with Crippen molar-refractivity contribution in [2.75, 3.05) is 0 Å². The summed E-state index contributed by atoms with van der Waals surface area (Å²) in [4.78, 5) is 0. The van der Waals surface area contributed by atoms with Crippen molar-refractivity contribution in [3.63, 3.8) is 0 Å². The SMILES string of the molecule is C=CN([O-])C=C1CC1. The van der Waals surface area contributed by atoms with Crippen LogP contribution >= 0.6 is 0 Å². The smallest absolute Gasteiger partial charge is 0.00854 e. The molecule has 1 fully saturated rings. The average molecular weight is 110 g/mol. The number of nitrogens with zero attached hydrogens (tertiary/aromatic N) is 1. The zero-order valence-electron chi connectivity index (χ0n) is 4.63. The van der Waals surface area contributed by atoms with Crippen LogP contribution in [0.25, 0.3) is 0 Å². The lowest BCUT2D eigenvalue weighted by Crippen LogP contribution is -1.94. The predicted molar refractivity (Wildman–Crippen MR) is 32.7 cm³/mol. The van der Waals surface area contributed by atoms with Crippen LogP contribution in [-0.4, -0.2) is 5.06 Å². The minimum atomic E-state index is 0.738. The topological polar surface area (TPSA) is 26.3 Å². The summed E-state index contributed by atoms with van der Waals surface area (Å²) in [5.74, 6) is 0. The molecule has 0 bridgehead atoms. The first kappa shape index (κ1) is 5.38. The minimum absolute atomic E-state index is 0.738. The van der Waals surface area contributed by atoms with Crippen molar-refractivity contribution in [1.29, 1.82) is 0 Å². The van der Waals surface area contributed by atoms with Gasteiger partial charge in [0.1, 0.15) is 0 Å². The molecular formula is C6H8NO-. The normalized spacial score (nSPS) is 15.4. The third-order valence-corrected chi connectivity index (χ3v) is 1.03. The summed E-state index contributed by atoms with van der Waals surface area (Å²) in [6.45, 7) is 3.31. The lowest BCUT2D eigenvalue weighted by atomic mass is 10.6. The molecule has 0 aromatic heterocycles. The number of hydrogen-bond donors (Lipinski definition) is 0. The molecule has 1 rings (SSSR count). The summed E-state index contributed by atoms with van der Waals surface area (Å²) in [6, 6.07) is 0. The Hall–Kier alpha value is -0.760. The van der Waals surface area contributed by atoms with Crippen LogP contribution in [0, 0.1) is 5.21 Å². The van der Waals surface area contributed by atoms with Gasteiger partial charge in [0, 0.05) is 0 Å². The van der Waals surface area contributed by atoms with E-state index in [-0.39, 0.29) is 0 Å². The van der Waals surface area contributed by atoms with Crippen LogP contribution in [0.15, 0.2) is 24.6 Å². The molecule has 0 aliphatic heterocycles. The number of allylic oxidation sites excluding steroid dienone is 1. The van der Waals surface area contributed by atoms with Gasteiger partial charge < -0.3 is 10.3 Å². The molecule has 2 heteroatoms. The van der Waals surface area contributed by atoms with Gasteiger partial charge in [-0.2, -0.15) is 0 Å². The third-order valence-electron chi connectivity index (χ3n) is 1.03. The molecule has 0 aromatic rings. The molecule has 0 radical (unpaired) electrons. The van der Waals surface area contributed by atoms with Gasteiger partial charge in [-0.1, -0.05) is 12.2 Å². The van der Waals surface area contributed by atoms with Gasteiger partial charge in [-0.05, 0) is 25.2 Å². The molecule has 0 saturated heterocycles. The minimum Gasteiger partial charge on any atom is -0.755 e. The van der Waals surface area contributed by atoms with E-state index in [1.807, 2.05) is 0 Å². The Balaban J connectivity index is 2.35. The molecule has 0 atom stereocenters. The maximum absolute atomic E-state index is 10.4. The number of hydroxylamine groups is 2. The summed E-state index contributed by atoms with van der Waals surface area (Å²) in [5, 5.41) is 11.1. The van der Waals surface area contributed by atoms with Crippen molar-refractivity contribution in [2.45, 2.75) is 12.8 Å². The van der Waals surface area contributed by atoms with Gasteiger partial charge in [0.15, 0.2) is 0 Å². The molecule has 1 saturated carbocycles. The standard InChI is InChI=1S/C6H8NO/c1-2-7(8)5-6-3-4-6/h2,5H,1,3-4H2/q-1. The Morgan fingerprint density at radius 2 is 2.25 bits per heavy atom. The van der Waals surface area contributed by atoms with E-state index < -0.39 is 0 Å². The van der Waals surface area contributed by atoms with Crippen molar-refractivity contribution in [3.8, 4) is 0 Å². The van der Waals surface area contributed by atoms with Gasteiger partial charge in [-0.15, -0.1) is 0 Å². The summed E-state index contributed by atoms with van der Waals surface area (Å²) in [6.07, 6.45) is 5.01. The summed E-state index contributed by atoms with van der Waals surface area (Å²) >= 11 is 0. The maximum atomic E-state index is 10.4. The van der Waals surface area contributed by atoms with Crippen LogP contribution in [0.3, 0.4) is 0 Å². The number of hydrogen-bond acceptors (Lipinski definition) is 2. The molecule has 8 heavy (non-hydrogen) atoms. The second-order valence-electron chi connectivity index (χ2n) is 1.83. The second-order valence-corrected chi connectivity index (χ2v) is 1.83. The fourth-order valence-electron chi connectivity index (χ4n) is 0.434. The van der Waals surface area contributed by atoms with Crippen LogP contribution in [0.2, 0.25) is 0 Å². The Bertz CT molecular complexity index is 122. The monoisotopic (exact) mass is 110 g/mol. The van der Waals surface area contributed by atoms with Gasteiger partial charge >= 0.3 is 0 Å². The van der Waals surface area contributed by atoms with Crippen LogP contribution in [0.1, 0.15) is 12.8 Å². The molecular weight excluding hydrogens is 102 g/mol. The van der Waals surface area contributed by atoms with E-state index in [9.17, 15) is 5.21 Å². The molecule has 2 nitrogen and oxygen atoms in total. The predicted octanol–water partition coefficient (Wildman–Crippen LogP) is 1.61. The molecule has 0 unspecified atom stereocenters. The van der Waals surface area contributed by atoms with E-state index in [2.05, 4.69) is 6.58 Å². The van der Waals surface area contributed by atoms with E-state index in [1.54, 1.807) is 6.20 Å². The quantitative estimate of drug-likeness (QED) is 0.505. The summed E-state index contributed by atoms with van der Waals surface area (Å²) in [5.41, 5.74) is 1.22. The molecule has 44 valence electrons. The van der Waals surface area contributed by atoms with E-state index >= 15 is 0 Å². The first-order chi connectivity index (χ1) is 3.83. The van der Waals surface area contributed by atoms with Gasteiger partial charge in [-0.3, -0.25) is 0 Å². The van der Waals surface area contributed by atoms with E-state index in [4.69, 9.17) is 0 Å². The van der Waals surface area contributed by atoms with Crippen LogP contribution < -0.4 is 0 Å². The Morgan fingerprint density at radius 3 is 2.62 bits per heavy atom. The highest BCUT2D eigenvalue weighted by Crippen LogP contribution is 2.27. The highest BCUT2D eigenvalue weighted by Gasteiger charge is 2.09. The number of rotatable bonds is 2. The Morgan fingerprint density at radius 1 is 1.62 bits per heavy atom. The molecule has 1 aliphatic rings. The van der Waals surface area contributed by atoms with E-state index in [0.717, 1.165) is 17.9 Å². The molecule has 0 N–H and O–H groups in total. The van der Waals surface area contributed by atoms with Crippen molar-refractivity contribution in [3.05, 3.63) is 29.8 Å². The van der Waals surface area contributed by atoms with Crippen molar-refractivity contribution in [1.82, 2.24) is 5.06 Å². The Kier molecular flexibility index (Phi) is 1.35. The first-order valence-corrected chi connectivity index (χ1v) is 2.60. The van der Waals surface area contributed by atoms with Crippen LogP contribution in [0.4, 0.5) is 0 Å². The zero-order valence-corrected chi connectivity index (χ0v) is 4.63. The molecule has 0 aromatic carbocycles. The van der Waals surface area contributed by atoms with Gasteiger partial charge in [0.2, 0.25) is 0 Å². The highest BCUT2D eigenvalue weighted by atomic mass is 16.5. The lowest BCUT2D eigenvalue weighted by Gasteiger charge is -2.19. The molecule has 0 heterocycles. The van der Waals surface area contributed by atoms with Gasteiger partial charge in [-0.25, -0.2) is 0 Å². The molecule has 0 spiro atoms. The third kappa shape index (κ3) is 1.39. The maximum Gasteiger partial charge on any atom is -0.00854 e. The lowest BCUT2D eigenvalue weighted by molar-refractivity contribution is 0.698. The van der Waals surface area contributed by atoms with E-state index in [0.29, 0.717) is 0 Å². The van der Waals surface area contributed by atoms with Crippen LogP contribution in [-0.2, 0) is 0 Å². The second kappa shape index (κ2) is 2.01. The first-order valence-electron chi connectivity index (χ1n) is 2.60. The van der Waals surface area contributed by atoms with Crippen molar-refractivity contribution < 1.29 is 0 Å². The van der Waals surface area contributed by atoms with Gasteiger partial charge in [0.25, 0.3) is 0 Å². The molecule has 1 aliphatic carbocycles. The van der Waals surface area contributed by atoms with Crippen molar-refractivity contribution >= 4 is 0 Å². The summed E-state index contributed by atoms with van der Waals surface area (Å²) < 4.78 is 0. The Labute approximate surface area is 48.7 Å². The zero-order chi connectivity index (χ0) is 5.98. The van der Waals surface area contributed by atoms with Gasteiger partial charge in [0.05, 0.1) is 0 Å². The summed E-state index contributed by atoms with van der Waals surface area (Å²) in [7, 11) is 0. The van der Waals surface area contributed by atoms with Crippen molar-refractivity contribution in [2.24, 2.45) is 0 Å². The van der Waals surface area contributed by atoms with Crippen LogP contribution in [0.5, 0.6) is 0 Å². The fraction of sp³-hybridized carbons (Fsp3) is 0.333. The largest absolute Gasteiger partial charge is 0.755 e. The highest BCUT2D eigenvalue weighted by molar-refractivity contribution is 5.16.